The van der Waals surface area contributed by atoms with Crippen LogP contribution in [-0.4, -0.2) is 33.2 Å². The van der Waals surface area contributed by atoms with Crippen LogP contribution in [0.15, 0.2) is 35.2 Å². The van der Waals surface area contributed by atoms with Crippen LogP contribution in [0.5, 0.6) is 0 Å². The van der Waals surface area contributed by atoms with E-state index in [0.717, 1.165) is 19.3 Å². The first kappa shape index (κ1) is 16.0. The second-order valence-corrected chi connectivity index (χ2v) is 7.57. The Morgan fingerprint density at radius 2 is 1.95 bits per heavy atom. The zero-order chi connectivity index (χ0) is 15.3. The molecule has 0 unspecified atom stereocenters. The normalized spacial score (nSPS) is 22.1. The smallest absolute Gasteiger partial charge is 0.223 e. The van der Waals surface area contributed by atoms with Gasteiger partial charge in [0.05, 0.1) is 10.6 Å². The van der Waals surface area contributed by atoms with E-state index >= 15 is 0 Å². The topological polar surface area (TPSA) is 89.3 Å². The first-order valence-electron chi connectivity index (χ1n) is 7.30. The second-order valence-electron chi connectivity index (χ2n) is 5.46. The van der Waals surface area contributed by atoms with Crippen molar-refractivity contribution in [2.45, 2.75) is 24.2 Å². The quantitative estimate of drug-likeness (QED) is 0.819. The maximum Gasteiger partial charge on any atom is 0.223 e. The molecule has 1 saturated carbocycles. The Hall–Kier alpha value is -1.40. The van der Waals surface area contributed by atoms with Crippen LogP contribution in [0.2, 0.25) is 0 Å². The summed E-state index contributed by atoms with van der Waals surface area (Å²) in [6.07, 6.45) is 2.85. The van der Waals surface area contributed by atoms with E-state index in [1.807, 2.05) is 0 Å². The number of carbonyl (C=O) groups excluding carboxylic acids is 1. The molecule has 2 rings (SSSR count). The largest absolute Gasteiger partial charge is 0.355 e. The van der Waals surface area contributed by atoms with Crippen molar-refractivity contribution in [3.8, 4) is 0 Å². The lowest BCUT2D eigenvalue weighted by molar-refractivity contribution is -0.125. The number of carbonyl (C=O) groups is 1. The van der Waals surface area contributed by atoms with Crippen molar-refractivity contribution < 1.29 is 13.2 Å². The van der Waals surface area contributed by atoms with Gasteiger partial charge in [0.1, 0.15) is 0 Å². The molecule has 1 fully saturated rings. The molecule has 116 valence electrons. The highest BCUT2D eigenvalue weighted by atomic mass is 32.2. The van der Waals surface area contributed by atoms with Gasteiger partial charge in [0.15, 0.2) is 9.84 Å². The lowest BCUT2D eigenvalue weighted by Crippen LogP contribution is -2.37. The summed E-state index contributed by atoms with van der Waals surface area (Å²) in [6.45, 7) is 0.657. The maximum atomic E-state index is 12.1. The van der Waals surface area contributed by atoms with Gasteiger partial charge in [-0.25, -0.2) is 8.42 Å². The van der Waals surface area contributed by atoms with Gasteiger partial charge in [-0.05, 0) is 37.4 Å². The van der Waals surface area contributed by atoms with Crippen molar-refractivity contribution in [1.82, 2.24) is 5.32 Å². The predicted molar refractivity (Wildman–Crippen MR) is 81.4 cm³/mol. The highest BCUT2D eigenvalue weighted by Crippen LogP contribution is 2.30. The molecule has 3 N–H and O–H groups in total. The Morgan fingerprint density at radius 1 is 1.24 bits per heavy atom. The standard InChI is InChI=1S/C15H22N2O3S/c16-11-12-5-4-8-14(12)15(18)17-9-10-21(19,20)13-6-2-1-3-7-13/h1-3,6-7,12,14H,4-5,8-11,16H2,(H,17,18)/t12-,14-/m1/s1. The van der Waals surface area contributed by atoms with E-state index < -0.39 is 9.84 Å². The van der Waals surface area contributed by atoms with Crippen LogP contribution in [0, 0.1) is 11.8 Å². The van der Waals surface area contributed by atoms with Crippen molar-refractivity contribution >= 4 is 15.7 Å². The zero-order valence-corrected chi connectivity index (χ0v) is 12.8. The van der Waals surface area contributed by atoms with Crippen molar-refractivity contribution in [2.24, 2.45) is 17.6 Å². The Balaban J connectivity index is 1.85. The third-order valence-corrected chi connectivity index (χ3v) is 5.80. The molecule has 0 aliphatic heterocycles. The summed E-state index contributed by atoms with van der Waals surface area (Å²) >= 11 is 0. The van der Waals surface area contributed by atoms with E-state index in [9.17, 15) is 13.2 Å². The van der Waals surface area contributed by atoms with Crippen LogP contribution in [0.4, 0.5) is 0 Å². The first-order valence-corrected chi connectivity index (χ1v) is 8.95. The molecule has 1 aromatic carbocycles. The van der Waals surface area contributed by atoms with Crippen LogP contribution in [0.25, 0.3) is 0 Å². The lowest BCUT2D eigenvalue weighted by Gasteiger charge is -2.17. The van der Waals surface area contributed by atoms with E-state index in [2.05, 4.69) is 5.32 Å². The summed E-state index contributed by atoms with van der Waals surface area (Å²) in [6, 6.07) is 8.29. The van der Waals surface area contributed by atoms with Gasteiger partial charge in [0, 0.05) is 12.5 Å². The zero-order valence-electron chi connectivity index (χ0n) is 12.0. The minimum atomic E-state index is -3.34. The van der Waals surface area contributed by atoms with Crippen molar-refractivity contribution in [1.29, 1.82) is 0 Å². The maximum absolute atomic E-state index is 12.1. The Bertz CT molecular complexity index is 572. The average Bonchev–Trinajstić information content (AvgIpc) is 2.96. The molecule has 1 aromatic rings. The molecule has 21 heavy (non-hydrogen) atoms. The third kappa shape index (κ3) is 4.04. The van der Waals surface area contributed by atoms with Crippen LogP contribution in [0.1, 0.15) is 19.3 Å². The fraction of sp³-hybridized carbons (Fsp3) is 0.533. The fourth-order valence-electron chi connectivity index (χ4n) is 2.85. The molecule has 2 atom stereocenters. The van der Waals surface area contributed by atoms with Gasteiger partial charge in [0.25, 0.3) is 0 Å². The molecule has 0 bridgehead atoms. The molecule has 1 amide bonds. The molecule has 0 aromatic heterocycles. The van der Waals surface area contributed by atoms with Gasteiger partial charge in [0.2, 0.25) is 5.91 Å². The van der Waals surface area contributed by atoms with Gasteiger partial charge in [-0.3, -0.25) is 4.79 Å². The molecule has 1 aliphatic carbocycles. The van der Waals surface area contributed by atoms with Crippen LogP contribution >= 0.6 is 0 Å². The monoisotopic (exact) mass is 310 g/mol. The van der Waals surface area contributed by atoms with Gasteiger partial charge in [-0.15, -0.1) is 0 Å². The summed E-state index contributed by atoms with van der Waals surface area (Å²) in [5.74, 6) is 0.0272. The van der Waals surface area contributed by atoms with E-state index in [-0.39, 0.29) is 30.0 Å². The molecule has 0 heterocycles. The van der Waals surface area contributed by atoms with E-state index in [1.165, 1.54) is 0 Å². The van der Waals surface area contributed by atoms with Crippen LogP contribution in [-0.2, 0) is 14.6 Å². The minimum Gasteiger partial charge on any atom is -0.355 e. The molecule has 0 radical (unpaired) electrons. The number of nitrogens with one attached hydrogen (secondary N) is 1. The average molecular weight is 310 g/mol. The number of hydrogen-bond acceptors (Lipinski definition) is 4. The van der Waals surface area contributed by atoms with E-state index in [1.54, 1.807) is 30.3 Å². The Kier molecular flexibility index (Phi) is 5.36. The second kappa shape index (κ2) is 7.04. The SMILES string of the molecule is NC[C@H]1CCC[C@H]1C(=O)NCCS(=O)(=O)c1ccccc1. The highest BCUT2D eigenvalue weighted by molar-refractivity contribution is 7.91. The molecule has 0 spiro atoms. The molecule has 6 heteroatoms. The highest BCUT2D eigenvalue weighted by Gasteiger charge is 2.31. The summed E-state index contributed by atoms with van der Waals surface area (Å²) in [7, 11) is -3.34. The number of nitrogens with two attached hydrogens (primary N) is 1. The molecular weight excluding hydrogens is 288 g/mol. The number of hydrogen-bond donors (Lipinski definition) is 2. The van der Waals surface area contributed by atoms with Crippen molar-refractivity contribution in [3.63, 3.8) is 0 Å². The lowest BCUT2D eigenvalue weighted by atomic mass is 9.95. The molecule has 1 aliphatic rings. The van der Waals surface area contributed by atoms with Gasteiger partial charge >= 0.3 is 0 Å². The summed E-state index contributed by atoms with van der Waals surface area (Å²) < 4.78 is 24.2. The number of amides is 1. The van der Waals surface area contributed by atoms with Gasteiger partial charge in [-0.1, -0.05) is 24.6 Å². The summed E-state index contributed by atoms with van der Waals surface area (Å²) in [5, 5.41) is 2.74. The van der Waals surface area contributed by atoms with E-state index in [0.29, 0.717) is 11.4 Å². The predicted octanol–water partition coefficient (Wildman–Crippen LogP) is 0.952. The Morgan fingerprint density at radius 3 is 2.62 bits per heavy atom. The van der Waals surface area contributed by atoms with Gasteiger partial charge in [-0.2, -0.15) is 0 Å². The summed E-state index contributed by atoms with van der Waals surface area (Å²) in [4.78, 5) is 12.4. The Labute approximate surface area is 125 Å². The third-order valence-electron chi connectivity index (χ3n) is 4.07. The number of benzene rings is 1. The number of rotatable bonds is 6. The molecule has 5 nitrogen and oxygen atoms in total. The molecule has 0 saturated heterocycles. The number of sulfone groups is 1. The fourth-order valence-corrected chi connectivity index (χ4v) is 4.03. The van der Waals surface area contributed by atoms with E-state index in [4.69, 9.17) is 5.73 Å². The van der Waals surface area contributed by atoms with Crippen molar-refractivity contribution in [3.05, 3.63) is 30.3 Å². The van der Waals surface area contributed by atoms with Gasteiger partial charge < -0.3 is 11.1 Å². The molecular formula is C15H22N2O3S. The minimum absolute atomic E-state index is 0.0607. The van der Waals surface area contributed by atoms with Crippen LogP contribution < -0.4 is 11.1 Å². The van der Waals surface area contributed by atoms with Crippen LogP contribution in [0.3, 0.4) is 0 Å². The first-order chi connectivity index (χ1) is 10.0. The summed E-state index contributed by atoms with van der Waals surface area (Å²) in [5.41, 5.74) is 5.66. The van der Waals surface area contributed by atoms with Crippen molar-refractivity contribution in [2.75, 3.05) is 18.8 Å².